The summed E-state index contributed by atoms with van der Waals surface area (Å²) >= 11 is 7.43. The van der Waals surface area contributed by atoms with Gasteiger partial charge in [-0.1, -0.05) is 6.07 Å². The maximum Gasteiger partial charge on any atom is 0.125 e. The Bertz CT molecular complexity index is 484. The largest absolute Gasteiger partial charge is 0.369 e. The Balaban J connectivity index is 2.18. The zero-order chi connectivity index (χ0) is 12.3. The van der Waals surface area contributed by atoms with Crippen LogP contribution in [-0.4, -0.2) is 7.05 Å². The molecule has 0 amide bonds. The first-order valence-electron chi connectivity index (χ1n) is 5.28. The smallest absolute Gasteiger partial charge is 0.125 e. The number of halogens is 2. The van der Waals surface area contributed by atoms with E-state index >= 15 is 0 Å². The van der Waals surface area contributed by atoms with E-state index in [0.29, 0.717) is 5.88 Å². The molecule has 0 radical (unpaired) electrons. The maximum atomic E-state index is 13.4. The van der Waals surface area contributed by atoms with Crippen molar-refractivity contribution >= 4 is 28.6 Å². The summed E-state index contributed by atoms with van der Waals surface area (Å²) < 4.78 is 13.4. The zero-order valence-corrected chi connectivity index (χ0v) is 11.1. The van der Waals surface area contributed by atoms with Gasteiger partial charge in [0.05, 0.1) is 6.54 Å². The number of hydrogen-bond acceptors (Lipinski definition) is 2. The molecule has 0 bridgehead atoms. The Morgan fingerprint density at radius 3 is 2.82 bits per heavy atom. The molecule has 2 rings (SSSR count). The SMILES string of the molecule is CN(Cc1cccs1)c1cc(F)cc(CCl)c1. The molecule has 1 nitrogen and oxygen atoms in total. The Morgan fingerprint density at radius 1 is 1.35 bits per heavy atom. The topological polar surface area (TPSA) is 3.24 Å². The van der Waals surface area contributed by atoms with Crippen molar-refractivity contribution in [3.05, 3.63) is 52.0 Å². The van der Waals surface area contributed by atoms with E-state index in [-0.39, 0.29) is 5.82 Å². The van der Waals surface area contributed by atoms with E-state index in [9.17, 15) is 4.39 Å². The molecule has 0 N–H and O–H groups in total. The van der Waals surface area contributed by atoms with E-state index in [0.717, 1.165) is 17.8 Å². The van der Waals surface area contributed by atoms with Crippen LogP contribution in [0.5, 0.6) is 0 Å². The predicted molar refractivity (Wildman–Crippen MR) is 72.4 cm³/mol. The number of thiophene rings is 1. The van der Waals surface area contributed by atoms with E-state index in [2.05, 4.69) is 6.07 Å². The highest BCUT2D eigenvalue weighted by Gasteiger charge is 2.06. The van der Waals surface area contributed by atoms with Crippen molar-refractivity contribution in [1.29, 1.82) is 0 Å². The first kappa shape index (κ1) is 12.4. The second-order valence-corrected chi connectivity index (χ2v) is 5.19. The molecular formula is C13H13ClFNS. The molecule has 0 aliphatic heterocycles. The number of hydrogen-bond donors (Lipinski definition) is 0. The van der Waals surface area contributed by atoms with Crippen LogP contribution in [-0.2, 0) is 12.4 Å². The molecule has 0 unspecified atom stereocenters. The molecule has 0 saturated carbocycles. The summed E-state index contributed by atoms with van der Waals surface area (Å²) in [5.41, 5.74) is 1.66. The van der Waals surface area contributed by atoms with Gasteiger partial charge in [0.1, 0.15) is 5.82 Å². The van der Waals surface area contributed by atoms with Gasteiger partial charge in [-0.2, -0.15) is 0 Å². The third kappa shape index (κ3) is 3.20. The van der Waals surface area contributed by atoms with Gasteiger partial charge in [0.2, 0.25) is 0 Å². The fourth-order valence-corrected chi connectivity index (χ4v) is 2.57. The van der Waals surface area contributed by atoms with E-state index in [1.807, 2.05) is 29.5 Å². The van der Waals surface area contributed by atoms with Crippen LogP contribution in [0.3, 0.4) is 0 Å². The molecule has 0 aliphatic rings. The summed E-state index contributed by atoms with van der Waals surface area (Å²) in [5, 5.41) is 2.04. The molecule has 1 aromatic heterocycles. The third-order valence-corrected chi connectivity index (χ3v) is 3.68. The van der Waals surface area contributed by atoms with Crippen molar-refractivity contribution in [1.82, 2.24) is 0 Å². The van der Waals surface area contributed by atoms with Gasteiger partial charge in [-0.3, -0.25) is 0 Å². The minimum atomic E-state index is -0.240. The van der Waals surface area contributed by atoms with Crippen LogP contribution in [0.1, 0.15) is 10.4 Å². The minimum Gasteiger partial charge on any atom is -0.369 e. The first-order chi connectivity index (χ1) is 8.19. The number of nitrogens with zero attached hydrogens (tertiary/aromatic N) is 1. The molecule has 1 heterocycles. The Morgan fingerprint density at radius 2 is 2.18 bits per heavy atom. The van der Waals surface area contributed by atoms with Crippen LogP contribution < -0.4 is 4.90 Å². The molecule has 0 saturated heterocycles. The van der Waals surface area contributed by atoms with Gasteiger partial charge >= 0.3 is 0 Å². The quantitative estimate of drug-likeness (QED) is 0.750. The van der Waals surface area contributed by atoms with Gasteiger partial charge in [0, 0.05) is 23.5 Å². The lowest BCUT2D eigenvalue weighted by Gasteiger charge is -2.19. The van der Waals surface area contributed by atoms with Crippen LogP contribution >= 0.6 is 22.9 Å². The van der Waals surface area contributed by atoms with Crippen molar-refractivity contribution in [3.63, 3.8) is 0 Å². The monoisotopic (exact) mass is 269 g/mol. The highest BCUT2D eigenvalue weighted by molar-refractivity contribution is 7.09. The van der Waals surface area contributed by atoms with Gasteiger partial charge in [-0.15, -0.1) is 22.9 Å². The van der Waals surface area contributed by atoms with Gasteiger partial charge in [-0.05, 0) is 35.2 Å². The highest BCUT2D eigenvalue weighted by Crippen LogP contribution is 2.21. The van der Waals surface area contributed by atoms with E-state index < -0.39 is 0 Å². The summed E-state index contributed by atoms with van der Waals surface area (Å²) in [6.45, 7) is 0.781. The second kappa shape index (κ2) is 5.52. The van der Waals surface area contributed by atoms with Crippen molar-refractivity contribution in [2.24, 2.45) is 0 Å². The van der Waals surface area contributed by atoms with Crippen molar-refractivity contribution in [3.8, 4) is 0 Å². The van der Waals surface area contributed by atoms with E-state index in [1.165, 1.54) is 17.0 Å². The Hall–Kier alpha value is -1.06. The lowest BCUT2D eigenvalue weighted by atomic mass is 10.2. The molecule has 0 fully saturated rings. The fourth-order valence-electron chi connectivity index (χ4n) is 1.66. The van der Waals surface area contributed by atoms with Crippen LogP contribution in [0.4, 0.5) is 10.1 Å². The summed E-state index contributed by atoms with van der Waals surface area (Å²) in [5.74, 6) is 0.0913. The number of rotatable bonds is 4. The van der Waals surface area contributed by atoms with Crippen LogP contribution in [0.25, 0.3) is 0 Å². The molecule has 0 aliphatic carbocycles. The summed E-state index contributed by atoms with van der Waals surface area (Å²) in [7, 11) is 1.95. The molecule has 0 atom stereocenters. The highest BCUT2D eigenvalue weighted by atomic mass is 35.5. The molecule has 90 valence electrons. The van der Waals surface area contributed by atoms with Crippen molar-refractivity contribution in [2.75, 3.05) is 11.9 Å². The van der Waals surface area contributed by atoms with Crippen LogP contribution in [0, 0.1) is 5.82 Å². The summed E-state index contributed by atoms with van der Waals surface area (Å²) in [6.07, 6.45) is 0. The van der Waals surface area contributed by atoms with Crippen molar-refractivity contribution in [2.45, 2.75) is 12.4 Å². The molecular weight excluding hydrogens is 257 g/mol. The molecule has 1 aromatic carbocycles. The van der Waals surface area contributed by atoms with Crippen LogP contribution in [0.15, 0.2) is 35.7 Å². The standard InChI is InChI=1S/C13H13ClFNS/c1-16(9-13-3-2-4-17-13)12-6-10(8-14)5-11(15)7-12/h2-7H,8-9H2,1H3. The lowest BCUT2D eigenvalue weighted by Crippen LogP contribution is -2.15. The zero-order valence-electron chi connectivity index (χ0n) is 9.49. The third-order valence-electron chi connectivity index (χ3n) is 2.51. The minimum absolute atomic E-state index is 0.240. The number of alkyl halides is 1. The summed E-state index contributed by atoms with van der Waals surface area (Å²) in [4.78, 5) is 3.27. The maximum absolute atomic E-state index is 13.4. The van der Waals surface area contributed by atoms with E-state index in [1.54, 1.807) is 11.3 Å². The van der Waals surface area contributed by atoms with E-state index in [4.69, 9.17) is 11.6 Å². The van der Waals surface area contributed by atoms with Gasteiger partial charge in [-0.25, -0.2) is 4.39 Å². The first-order valence-corrected chi connectivity index (χ1v) is 6.69. The Kier molecular flexibility index (Phi) is 4.02. The number of anilines is 1. The van der Waals surface area contributed by atoms with Gasteiger partial charge in [0.15, 0.2) is 0 Å². The molecule has 4 heteroatoms. The number of benzene rings is 1. The normalized spacial score (nSPS) is 10.5. The van der Waals surface area contributed by atoms with Crippen LogP contribution in [0.2, 0.25) is 0 Å². The van der Waals surface area contributed by atoms with Gasteiger partial charge < -0.3 is 4.90 Å². The predicted octanol–water partition coefficient (Wildman–Crippen LogP) is 4.26. The Labute approximate surface area is 109 Å². The summed E-state index contributed by atoms with van der Waals surface area (Å²) in [6, 6.07) is 9.01. The molecule has 0 spiro atoms. The second-order valence-electron chi connectivity index (χ2n) is 3.89. The average molecular weight is 270 g/mol. The molecule has 2 aromatic rings. The average Bonchev–Trinajstić information content (AvgIpc) is 2.81. The fraction of sp³-hybridized carbons (Fsp3) is 0.231. The lowest BCUT2D eigenvalue weighted by molar-refractivity contribution is 0.625. The molecule has 17 heavy (non-hydrogen) atoms. The van der Waals surface area contributed by atoms with Gasteiger partial charge in [0.25, 0.3) is 0 Å². The van der Waals surface area contributed by atoms with Crippen molar-refractivity contribution < 1.29 is 4.39 Å².